The first kappa shape index (κ1) is 23.3. The van der Waals surface area contributed by atoms with Crippen molar-refractivity contribution in [3.63, 3.8) is 0 Å². The fourth-order valence-corrected chi connectivity index (χ4v) is 4.79. The SMILES string of the molecule is CC(C(=O)Nc1ccc(S(=O)(=O)Nc2nccs2)cc1)n1nc(-c2ccc(F)cc2)ccc1=O. The van der Waals surface area contributed by atoms with Gasteiger partial charge in [0.05, 0.1) is 10.6 Å². The minimum Gasteiger partial charge on any atom is -0.324 e. The van der Waals surface area contributed by atoms with E-state index in [0.29, 0.717) is 16.9 Å². The van der Waals surface area contributed by atoms with Crippen molar-refractivity contribution >= 4 is 38.1 Å². The summed E-state index contributed by atoms with van der Waals surface area (Å²) in [6.45, 7) is 1.51. The van der Waals surface area contributed by atoms with E-state index in [1.54, 1.807) is 5.38 Å². The smallest absolute Gasteiger partial charge is 0.267 e. The maximum Gasteiger partial charge on any atom is 0.267 e. The molecular formula is C22H18FN5O4S2. The third-order valence-electron chi connectivity index (χ3n) is 4.80. The highest BCUT2D eigenvalue weighted by Gasteiger charge is 2.20. The number of amides is 1. The van der Waals surface area contributed by atoms with Gasteiger partial charge >= 0.3 is 0 Å². The van der Waals surface area contributed by atoms with Crippen LogP contribution < -0.4 is 15.6 Å². The molecule has 12 heteroatoms. The molecule has 2 N–H and O–H groups in total. The quantitative estimate of drug-likeness (QED) is 0.401. The van der Waals surface area contributed by atoms with Crippen molar-refractivity contribution in [2.45, 2.75) is 17.9 Å². The van der Waals surface area contributed by atoms with Crippen LogP contribution in [0.5, 0.6) is 0 Å². The number of benzene rings is 2. The number of sulfonamides is 1. The lowest BCUT2D eigenvalue weighted by molar-refractivity contribution is -0.119. The highest BCUT2D eigenvalue weighted by molar-refractivity contribution is 7.93. The van der Waals surface area contributed by atoms with Crippen molar-refractivity contribution in [3.05, 3.63) is 88.4 Å². The number of rotatable bonds is 7. The Kier molecular flexibility index (Phi) is 6.52. The second-order valence-corrected chi connectivity index (χ2v) is 9.72. The number of anilines is 2. The molecule has 0 radical (unpaired) electrons. The Morgan fingerprint density at radius 3 is 2.41 bits per heavy atom. The van der Waals surface area contributed by atoms with Crippen molar-refractivity contribution in [1.29, 1.82) is 0 Å². The fraction of sp³-hybridized carbons (Fsp3) is 0.0909. The van der Waals surface area contributed by atoms with Crippen LogP contribution in [-0.4, -0.2) is 29.1 Å². The van der Waals surface area contributed by atoms with Crippen LogP contribution in [0.4, 0.5) is 15.2 Å². The van der Waals surface area contributed by atoms with Gasteiger partial charge in [-0.3, -0.25) is 14.3 Å². The number of carbonyl (C=O) groups excluding carboxylic acids is 1. The van der Waals surface area contributed by atoms with E-state index in [1.165, 1.54) is 73.8 Å². The average molecular weight is 500 g/mol. The molecule has 174 valence electrons. The first-order valence-corrected chi connectivity index (χ1v) is 12.3. The Morgan fingerprint density at radius 1 is 1.06 bits per heavy atom. The monoisotopic (exact) mass is 499 g/mol. The van der Waals surface area contributed by atoms with Gasteiger partial charge in [0.2, 0.25) is 5.91 Å². The number of nitrogens with zero attached hydrogens (tertiary/aromatic N) is 3. The van der Waals surface area contributed by atoms with Crippen LogP contribution in [0.2, 0.25) is 0 Å². The van der Waals surface area contributed by atoms with Crippen LogP contribution in [0.25, 0.3) is 11.3 Å². The minimum atomic E-state index is -3.82. The number of thiazole rings is 1. The van der Waals surface area contributed by atoms with Crippen LogP contribution in [0.1, 0.15) is 13.0 Å². The minimum absolute atomic E-state index is 0.00127. The molecule has 4 aromatic rings. The molecule has 1 unspecified atom stereocenters. The molecule has 0 aliphatic heterocycles. The summed E-state index contributed by atoms with van der Waals surface area (Å²) >= 11 is 1.15. The summed E-state index contributed by atoms with van der Waals surface area (Å²) in [6, 6.07) is 13.0. The normalized spacial score (nSPS) is 12.2. The zero-order chi connectivity index (χ0) is 24.3. The number of halogens is 1. The van der Waals surface area contributed by atoms with Gasteiger partial charge in [-0.05, 0) is 61.5 Å². The number of carbonyl (C=O) groups is 1. The zero-order valence-electron chi connectivity index (χ0n) is 17.7. The lowest BCUT2D eigenvalue weighted by Gasteiger charge is -2.15. The molecule has 1 amide bonds. The molecule has 2 heterocycles. The van der Waals surface area contributed by atoms with Gasteiger partial charge in [-0.2, -0.15) is 5.10 Å². The second-order valence-electron chi connectivity index (χ2n) is 7.14. The van der Waals surface area contributed by atoms with Crippen LogP contribution in [0, 0.1) is 5.82 Å². The molecule has 9 nitrogen and oxygen atoms in total. The van der Waals surface area contributed by atoms with Crippen LogP contribution >= 0.6 is 11.3 Å². The van der Waals surface area contributed by atoms with Crippen LogP contribution in [-0.2, 0) is 14.8 Å². The lowest BCUT2D eigenvalue weighted by atomic mass is 10.1. The Bertz CT molecular complexity index is 1470. The van der Waals surface area contributed by atoms with Crippen molar-refractivity contribution < 1.29 is 17.6 Å². The number of nitrogens with one attached hydrogen (secondary N) is 2. The Labute approximate surface area is 198 Å². The topological polar surface area (TPSA) is 123 Å². The van der Waals surface area contributed by atoms with Gasteiger partial charge < -0.3 is 5.32 Å². The van der Waals surface area contributed by atoms with Gasteiger partial charge in [-0.1, -0.05) is 0 Å². The maximum absolute atomic E-state index is 13.2. The Morgan fingerprint density at radius 2 is 1.76 bits per heavy atom. The van der Waals surface area contributed by atoms with E-state index < -0.39 is 33.3 Å². The molecule has 2 aromatic carbocycles. The zero-order valence-corrected chi connectivity index (χ0v) is 19.3. The Hall–Kier alpha value is -3.90. The Balaban J connectivity index is 1.49. The molecule has 0 fully saturated rings. The van der Waals surface area contributed by atoms with E-state index >= 15 is 0 Å². The number of hydrogen-bond donors (Lipinski definition) is 2. The van der Waals surface area contributed by atoms with Crippen molar-refractivity contribution in [2.75, 3.05) is 10.0 Å². The molecule has 0 aliphatic rings. The summed E-state index contributed by atoms with van der Waals surface area (Å²) < 4.78 is 41.5. The number of aromatic nitrogens is 3. The van der Waals surface area contributed by atoms with Crippen molar-refractivity contribution in [2.24, 2.45) is 0 Å². The largest absolute Gasteiger partial charge is 0.324 e. The van der Waals surface area contributed by atoms with E-state index in [-0.39, 0.29) is 10.0 Å². The van der Waals surface area contributed by atoms with Crippen LogP contribution in [0.3, 0.4) is 0 Å². The highest BCUT2D eigenvalue weighted by atomic mass is 32.2. The van der Waals surface area contributed by atoms with E-state index in [1.807, 2.05) is 0 Å². The molecule has 2 aromatic heterocycles. The molecule has 0 spiro atoms. The molecular weight excluding hydrogens is 481 g/mol. The summed E-state index contributed by atoms with van der Waals surface area (Å²) in [5.41, 5.74) is 0.850. The number of hydrogen-bond acceptors (Lipinski definition) is 7. The first-order valence-electron chi connectivity index (χ1n) is 9.92. The van der Waals surface area contributed by atoms with E-state index in [2.05, 4.69) is 20.1 Å². The second kappa shape index (κ2) is 9.53. The van der Waals surface area contributed by atoms with Crippen molar-refractivity contribution in [3.8, 4) is 11.3 Å². The lowest BCUT2D eigenvalue weighted by Crippen LogP contribution is -2.33. The molecule has 0 aliphatic carbocycles. The molecule has 0 saturated carbocycles. The summed E-state index contributed by atoms with van der Waals surface area (Å²) in [5.74, 6) is -0.926. The third kappa shape index (κ3) is 5.18. The molecule has 0 saturated heterocycles. The van der Waals surface area contributed by atoms with Crippen LogP contribution in [0.15, 0.2) is 81.9 Å². The van der Waals surface area contributed by atoms with Gasteiger partial charge in [0.25, 0.3) is 15.6 Å². The average Bonchev–Trinajstić information content (AvgIpc) is 3.32. The summed E-state index contributed by atoms with van der Waals surface area (Å²) in [5, 5.41) is 8.78. The van der Waals surface area contributed by atoms with Crippen molar-refractivity contribution in [1.82, 2.24) is 14.8 Å². The summed E-state index contributed by atoms with van der Waals surface area (Å²) in [6.07, 6.45) is 1.48. The van der Waals surface area contributed by atoms with Gasteiger partial charge in [0.15, 0.2) is 5.13 Å². The fourth-order valence-electron chi connectivity index (χ4n) is 3.00. The molecule has 34 heavy (non-hydrogen) atoms. The van der Waals surface area contributed by atoms with Gasteiger partial charge in [-0.25, -0.2) is 22.5 Å². The molecule has 1 atom stereocenters. The maximum atomic E-state index is 13.2. The first-order chi connectivity index (χ1) is 16.2. The summed E-state index contributed by atoms with van der Waals surface area (Å²) in [4.78, 5) is 29.0. The predicted octanol–water partition coefficient (Wildman–Crippen LogP) is 3.51. The van der Waals surface area contributed by atoms with E-state index in [9.17, 15) is 22.4 Å². The molecule has 0 bridgehead atoms. The summed E-state index contributed by atoms with van der Waals surface area (Å²) in [7, 11) is -3.82. The third-order valence-corrected chi connectivity index (χ3v) is 6.97. The highest BCUT2D eigenvalue weighted by Crippen LogP contribution is 2.21. The standard InChI is InChI=1S/C22H18FN5O4S2/c1-14(28-20(29)11-10-19(26-28)15-2-4-16(23)5-3-15)21(30)25-17-6-8-18(9-7-17)34(31,32)27-22-24-12-13-33-22/h2-14H,1H3,(H,24,27)(H,25,30). The van der Waals surface area contributed by atoms with E-state index in [4.69, 9.17) is 0 Å². The van der Waals surface area contributed by atoms with E-state index in [0.717, 1.165) is 16.0 Å². The predicted molar refractivity (Wildman–Crippen MR) is 127 cm³/mol. The van der Waals surface area contributed by atoms with Gasteiger partial charge in [-0.15, -0.1) is 11.3 Å². The molecule has 4 rings (SSSR count). The van der Waals surface area contributed by atoms with Gasteiger partial charge in [0, 0.05) is 28.9 Å². The van der Waals surface area contributed by atoms with Gasteiger partial charge in [0.1, 0.15) is 11.9 Å².